The zero-order valence-corrected chi connectivity index (χ0v) is 13.6. The maximum absolute atomic E-state index is 12.0. The fourth-order valence-corrected chi connectivity index (χ4v) is 3.43. The summed E-state index contributed by atoms with van der Waals surface area (Å²) in [5.41, 5.74) is 1.38. The van der Waals surface area contributed by atoms with Crippen LogP contribution >= 0.6 is 0 Å². The van der Waals surface area contributed by atoms with Crippen LogP contribution in [0.1, 0.15) is 35.8 Å². The maximum atomic E-state index is 12.0. The van der Waals surface area contributed by atoms with E-state index in [1.807, 2.05) is 6.20 Å². The molecule has 0 unspecified atom stereocenters. The monoisotopic (exact) mass is 324 g/mol. The predicted molar refractivity (Wildman–Crippen MR) is 80.5 cm³/mol. The second-order valence-corrected chi connectivity index (χ2v) is 7.74. The van der Waals surface area contributed by atoms with Gasteiger partial charge in [-0.3, -0.25) is 0 Å². The van der Waals surface area contributed by atoms with Crippen LogP contribution in [0.3, 0.4) is 0 Å². The molecule has 0 aliphatic carbocycles. The fraction of sp³-hybridized carbons (Fsp3) is 0.571. The lowest BCUT2D eigenvalue weighted by atomic mass is 10.2. The largest absolute Gasteiger partial charge is 0.361 e. The van der Waals surface area contributed by atoms with E-state index >= 15 is 0 Å². The van der Waals surface area contributed by atoms with Crippen LogP contribution in [0, 0.1) is 6.92 Å². The number of aromatic nitrogens is 3. The van der Waals surface area contributed by atoms with E-state index in [1.54, 1.807) is 13.0 Å². The first-order valence-corrected chi connectivity index (χ1v) is 9.19. The van der Waals surface area contributed by atoms with Gasteiger partial charge in [-0.2, -0.15) is 4.31 Å². The molecule has 0 amide bonds. The molecule has 8 heteroatoms. The third kappa shape index (κ3) is 3.38. The van der Waals surface area contributed by atoms with Crippen LogP contribution in [0.2, 0.25) is 0 Å². The molecule has 22 heavy (non-hydrogen) atoms. The van der Waals surface area contributed by atoms with E-state index < -0.39 is 10.0 Å². The van der Waals surface area contributed by atoms with Crippen LogP contribution < -0.4 is 0 Å². The summed E-state index contributed by atoms with van der Waals surface area (Å²) in [6.07, 6.45) is 6.42. The first kappa shape index (κ1) is 15.2. The number of hydrogen-bond acceptors (Lipinski definition) is 5. The molecule has 1 aliphatic heterocycles. The predicted octanol–water partition coefficient (Wildman–Crippen LogP) is 1.48. The van der Waals surface area contributed by atoms with Gasteiger partial charge in [0.15, 0.2) is 0 Å². The van der Waals surface area contributed by atoms with Gasteiger partial charge in [-0.25, -0.2) is 13.4 Å². The summed E-state index contributed by atoms with van der Waals surface area (Å²) in [7, 11) is -3.35. The van der Waals surface area contributed by atoms with E-state index in [4.69, 9.17) is 4.52 Å². The van der Waals surface area contributed by atoms with Gasteiger partial charge in [0.05, 0.1) is 30.7 Å². The summed E-state index contributed by atoms with van der Waals surface area (Å²) in [4.78, 5) is 4.56. The Kier molecular flexibility index (Phi) is 4.05. The SMILES string of the molecule is Cc1cc(CN(Cc2cn3c(n2)CCCC3)S(C)(=O)=O)no1. The van der Waals surface area contributed by atoms with Gasteiger partial charge in [0.1, 0.15) is 11.6 Å². The van der Waals surface area contributed by atoms with Crippen molar-refractivity contribution in [2.75, 3.05) is 6.26 Å². The van der Waals surface area contributed by atoms with Crippen LogP contribution in [-0.2, 0) is 36.1 Å². The normalized spacial score (nSPS) is 15.2. The zero-order valence-electron chi connectivity index (χ0n) is 12.8. The lowest BCUT2D eigenvalue weighted by molar-refractivity contribution is 0.360. The molecule has 120 valence electrons. The molecular formula is C14H20N4O3S. The lowest BCUT2D eigenvalue weighted by Gasteiger charge is -2.17. The van der Waals surface area contributed by atoms with E-state index in [2.05, 4.69) is 14.7 Å². The van der Waals surface area contributed by atoms with Crippen molar-refractivity contribution in [1.29, 1.82) is 0 Å². The van der Waals surface area contributed by atoms with Gasteiger partial charge < -0.3 is 9.09 Å². The van der Waals surface area contributed by atoms with Gasteiger partial charge >= 0.3 is 0 Å². The summed E-state index contributed by atoms with van der Waals surface area (Å²) in [5.74, 6) is 1.72. The number of fused-ring (bicyclic) bond motifs is 1. The molecule has 0 aromatic carbocycles. The molecule has 3 heterocycles. The Labute approximate surface area is 130 Å². The molecular weight excluding hydrogens is 304 g/mol. The highest BCUT2D eigenvalue weighted by Crippen LogP contribution is 2.18. The number of hydrogen-bond donors (Lipinski definition) is 0. The average Bonchev–Trinajstić information content (AvgIpc) is 3.02. The molecule has 0 bridgehead atoms. The highest BCUT2D eigenvalue weighted by molar-refractivity contribution is 7.88. The molecule has 2 aromatic heterocycles. The van der Waals surface area contributed by atoms with E-state index in [0.29, 0.717) is 11.5 Å². The van der Waals surface area contributed by atoms with Gasteiger partial charge in [-0.1, -0.05) is 5.16 Å². The molecule has 0 saturated heterocycles. The van der Waals surface area contributed by atoms with Crippen molar-refractivity contribution in [2.24, 2.45) is 0 Å². The Balaban J connectivity index is 1.79. The molecule has 3 rings (SSSR count). The van der Waals surface area contributed by atoms with Crippen molar-refractivity contribution < 1.29 is 12.9 Å². The Hall–Kier alpha value is -1.67. The van der Waals surface area contributed by atoms with Crippen LogP contribution in [0.25, 0.3) is 0 Å². The van der Waals surface area contributed by atoms with Gasteiger partial charge in [0.25, 0.3) is 0 Å². The number of imidazole rings is 1. The number of aryl methyl sites for hydroxylation is 3. The minimum Gasteiger partial charge on any atom is -0.361 e. The highest BCUT2D eigenvalue weighted by Gasteiger charge is 2.22. The summed E-state index contributed by atoms with van der Waals surface area (Å²) in [6, 6.07) is 1.75. The van der Waals surface area contributed by atoms with Crippen LogP contribution in [0.15, 0.2) is 16.8 Å². The Morgan fingerprint density at radius 3 is 2.73 bits per heavy atom. The van der Waals surface area contributed by atoms with Gasteiger partial charge in [-0.05, 0) is 19.8 Å². The third-order valence-electron chi connectivity index (χ3n) is 3.78. The van der Waals surface area contributed by atoms with E-state index in [0.717, 1.165) is 37.3 Å². The first-order chi connectivity index (χ1) is 10.4. The standard InChI is InChI=1S/C14H20N4O3S/c1-11-7-12(16-21-11)9-18(22(2,19)20)10-13-8-17-6-4-3-5-14(17)15-13/h7-8H,3-6,9-10H2,1-2H3. The molecule has 0 radical (unpaired) electrons. The summed E-state index contributed by atoms with van der Waals surface area (Å²) >= 11 is 0. The quantitative estimate of drug-likeness (QED) is 0.832. The van der Waals surface area contributed by atoms with Gasteiger partial charge in [-0.15, -0.1) is 0 Å². The van der Waals surface area contributed by atoms with E-state index in [1.165, 1.54) is 10.6 Å². The molecule has 1 aliphatic rings. The minimum atomic E-state index is -3.35. The molecule has 0 spiro atoms. The summed E-state index contributed by atoms with van der Waals surface area (Å²) in [6.45, 7) is 3.19. The highest BCUT2D eigenvalue weighted by atomic mass is 32.2. The van der Waals surface area contributed by atoms with E-state index in [-0.39, 0.29) is 13.1 Å². The van der Waals surface area contributed by atoms with Crippen molar-refractivity contribution >= 4 is 10.0 Å². The van der Waals surface area contributed by atoms with Crippen molar-refractivity contribution in [3.63, 3.8) is 0 Å². The van der Waals surface area contributed by atoms with Crippen molar-refractivity contribution in [3.05, 3.63) is 35.2 Å². The second-order valence-electron chi connectivity index (χ2n) is 5.76. The second kappa shape index (κ2) is 5.85. The van der Waals surface area contributed by atoms with Crippen LogP contribution in [-0.4, -0.2) is 33.7 Å². The first-order valence-electron chi connectivity index (χ1n) is 7.34. The molecule has 2 aromatic rings. The average molecular weight is 324 g/mol. The molecule has 7 nitrogen and oxygen atoms in total. The number of nitrogens with zero attached hydrogens (tertiary/aromatic N) is 4. The Morgan fingerprint density at radius 1 is 1.32 bits per heavy atom. The number of rotatable bonds is 5. The maximum Gasteiger partial charge on any atom is 0.211 e. The van der Waals surface area contributed by atoms with Crippen LogP contribution in [0.4, 0.5) is 0 Å². The number of sulfonamides is 1. The molecule has 0 N–H and O–H groups in total. The fourth-order valence-electron chi connectivity index (χ4n) is 2.69. The van der Waals surface area contributed by atoms with Gasteiger partial charge in [0, 0.05) is 25.2 Å². The smallest absolute Gasteiger partial charge is 0.211 e. The topological polar surface area (TPSA) is 81.2 Å². The van der Waals surface area contributed by atoms with Crippen molar-refractivity contribution in [1.82, 2.24) is 19.0 Å². The Bertz CT molecular complexity index is 739. The van der Waals surface area contributed by atoms with Gasteiger partial charge in [0.2, 0.25) is 10.0 Å². The van der Waals surface area contributed by atoms with Crippen LogP contribution in [0.5, 0.6) is 0 Å². The van der Waals surface area contributed by atoms with E-state index in [9.17, 15) is 8.42 Å². The summed E-state index contributed by atoms with van der Waals surface area (Å²) < 4.78 is 32.5. The minimum absolute atomic E-state index is 0.193. The zero-order chi connectivity index (χ0) is 15.7. The Morgan fingerprint density at radius 2 is 2.09 bits per heavy atom. The molecule has 0 fully saturated rings. The van der Waals surface area contributed by atoms with Crippen molar-refractivity contribution in [2.45, 2.75) is 45.8 Å². The van der Waals surface area contributed by atoms with Crippen molar-refractivity contribution in [3.8, 4) is 0 Å². The summed E-state index contributed by atoms with van der Waals surface area (Å²) in [5, 5.41) is 3.87. The lowest BCUT2D eigenvalue weighted by Crippen LogP contribution is -2.29. The molecule has 0 atom stereocenters. The third-order valence-corrected chi connectivity index (χ3v) is 4.98. The molecule has 0 saturated carbocycles.